The van der Waals surface area contributed by atoms with Crippen LogP contribution >= 0.6 is 0 Å². The van der Waals surface area contributed by atoms with Crippen molar-refractivity contribution in [1.82, 2.24) is 15.1 Å². The number of aryl methyl sites for hydroxylation is 1. The van der Waals surface area contributed by atoms with Gasteiger partial charge in [-0.1, -0.05) is 50.2 Å². The highest BCUT2D eigenvalue weighted by atomic mass is 19.1. The Labute approximate surface area is 159 Å². The van der Waals surface area contributed by atoms with Gasteiger partial charge in [-0.05, 0) is 37.1 Å². The Morgan fingerprint density at radius 3 is 2.48 bits per heavy atom. The molecular weight excluding hydrogens is 341 g/mol. The van der Waals surface area contributed by atoms with Crippen molar-refractivity contribution in [3.05, 3.63) is 82.9 Å². The lowest BCUT2D eigenvalue weighted by Gasteiger charge is -2.26. The van der Waals surface area contributed by atoms with Crippen LogP contribution in [0.4, 0.5) is 4.39 Å². The zero-order chi connectivity index (χ0) is 19.6. The first kappa shape index (κ1) is 18.8. The molecule has 0 atom stereocenters. The van der Waals surface area contributed by atoms with E-state index in [1.165, 1.54) is 6.07 Å². The number of benzene rings is 2. The van der Waals surface area contributed by atoms with E-state index in [-0.39, 0.29) is 11.7 Å². The molecule has 0 saturated carbocycles. The smallest absolute Gasteiger partial charge is 0.254 e. The van der Waals surface area contributed by atoms with Crippen molar-refractivity contribution in [2.24, 2.45) is 0 Å². The van der Waals surface area contributed by atoms with Crippen molar-refractivity contribution in [3.8, 4) is 5.69 Å². The second-order valence-corrected chi connectivity index (χ2v) is 7.39. The van der Waals surface area contributed by atoms with Crippen molar-refractivity contribution >= 4 is 5.91 Å². The molecule has 3 rings (SSSR count). The Morgan fingerprint density at radius 1 is 1.11 bits per heavy atom. The number of hydrogen-bond donors (Lipinski definition) is 1. The summed E-state index contributed by atoms with van der Waals surface area (Å²) in [6, 6.07) is 14.6. The molecule has 0 saturated heterocycles. The van der Waals surface area contributed by atoms with Crippen molar-refractivity contribution < 1.29 is 9.18 Å². The normalized spacial score (nSPS) is 11.4. The van der Waals surface area contributed by atoms with E-state index in [1.54, 1.807) is 29.1 Å². The van der Waals surface area contributed by atoms with Crippen LogP contribution in [0.2, 0.25) is 0 Å². The molecule has 4 nitrogen and oxygen atoms in total. The quantitative estimate of drug-likeness (QED) is 0.731. The summed E-state index contributed by atoms with van der Waals surface area (Å²) in [4.78, 5) is 12.7. The molecule has 1 N–H and O–H groups in total. The highest BCUT2D eigenvalue weighted by molar-refractivity contribution is 5.95. The molecule has 0 aliphatic rings. The number of carbonyl (C=O) groups is 1. The first-order chi connectivity index (χ1) is 12.8. The van der Waals surface area contributed by atoms with E-state index in [1.807, 2.05) is 52.0 Å². The number of carbonyl (C=O) groups excluding carboxylic acids is 1. The maximum absolute atomic E-state index is 14.1. The average Bonchev–Trinajstić information content (AvgIpc) is 3.02. The van der Waals surface area contributed by atoms with Gasteiger partial charge in [0.2, 0.25) is 0 Å². The number of rotatable bonds is 5. The van der Waals surface area contributed by atoms with Crippen LogP contribution in [0.15, 0.2) is 54.7 Å². The molecule has 1 aromatic heterocycles. The molecule has 1 heterocycles. The van der Waals surface area contributed by atoms with Gasteiger partial charge in [0, 0.05) is 12.0 Å². The fraction of sp³-hybridized carbons (Fsp3) is 0.273. The number of hydrogen-bond acceptors (Lipinski definition) is 2. The minimum atomic E-state index is -0.527. The Morgan fingerprint density at radius 2 is 1.78 bits per heavy atom. The minimum absolute atomic E-state index is 0.211. The third-order valence-electron chi connectivity index (χ3n) is 4.89. The van der Waals surface area contributed by atoms with Crippen molar-refractivity contribution in [1.29, 1.82) is 0 Å². The van der Waals surface area contributed by atoms with E-state index in [2.05, 4.69) is 10.4 Å². The molecule has 0 aliphatic heterocycles. The van der Waals surface area contributed by atoms with Gasteiger partial charge in [-0.2, -0.15) is 5.10 Å². The van der Waals surface area contributed by atoms with E-state index in [9.17, 15) is 9.18 Å². The zero-order valence-corrected chi connectivity index (χ0v) is 16.1. The Hall–Kier alpha value is -2.95. The monoisotopic (exact) mass is 365 g/mol. The second kappa shape index (κ2) is 7.35. The van der Waals surface area contributed by atoms with Gasteiger partial charge in [0.1, 0.15) is 5.82 Å². The standard InChI is InChI=1S/C22H24FN3O/c1-15-9-5-8-12-20(15)26-16(2)17(13-25-26)21(27)24-14-22(3,4)18-10-6-7-11-19(18)23/h5-13H,14H2,1-4H3,(H,24,27). The molecule has 1 amide bonds. The number of aromatic nitrogens is 2. The van der Waals surface area contributed by atoms with Gasteiger partial charge in [0.05, 0.1) is 23.1 Å². The van der Waals surface area contributed by atoms with Crippen LogP contribution in [0.3, 0.4) is 0 Å². The Bertz CT molecular complexity index is 975. The fourth-order valence-corrected chi connectivity index (χ4v) is 3.18. The third kappa shape index (κ3) is 3.77. The van der Waals surface area contributed by atoms with E-state index in [0.717, 1.165) is 16.9 Å². The molecular formula is C22H24FN3O. The summed E-state index contributed by atoms with van der Waals surface area (Å²) in [5.74, 6) is -0.475. The molecule has 0 radical (unpaired) electrons. The first-order valence-corrected chi connectivity index (χ1v) is 8.95. The van der Waals surface area contributed by atoms with Gasteiger partial charge in [-0.3, -0.25) is 4.79 Å². The van der Waals surface area contributed by atoms with Crippen LogP contribution in [0.5, 0.6) is 0 Å². The third-order valence-corrected chi connectivity index (χ3v) is 4.89. The molecule has 0 aliphatic carbocycles. The molecule has 2 aromatic carbocycles. The highest BCUT2D eigenvalue weighted by Crippen LogP contribution is 2.25. The molecule has 3 aromatic rings. The zero-order valence-electron chi connectivity index (χ0n) is 16.1. The van der Waals surface area contributed by atoms with Crippen molar-refractivity contribution in [2.75, 3.05) is 6.54 Å². The van der Waals surface area contributed by atoms with Gasteiger partial charge in [-0.25, -0.2) is 9.07 Å². The molecule has 0 fully saturated rings. The van der Waals surface area contributed by atoms with Gasteiger partial charge in [0.25, 0.3) is 5.91 Å². The SMILES string of the molecule is Cc1ccccc1-n1ncc(C(=O)NCC(C)(C)c2ccccc2F)c1C. The van der Waals surface area contributed by atoms with Crippen LogP contribution in [0.25, 0.3) is 5.69 Å². The molecule has 27 heavy (non-hydrogen) atoms. The fourth-order valence-electron chi connectivity index (χ4n) is 3.18. The van der Waals surface area contributed by atoms with Crippen molar-refractivity contribution in [2.45, 2.75) is 33.1 Å². The number of nitrogens with zero attached hydrogens (tertiary/aromatic N) is 2. The van der Waals surface area contributed by atoms with Gasteiger partial charge in [0.15, 0.2) is 0 Å². The number of para-hydroxylation sites is 1. The minimum Gasteiger partial charge on any atom is -0.351 e. The van der Waals surface area contributed by atoms with E-state index in [0.29, 0.717) is 17.7 Å². The number of halogens is 1. The van der Waals surface area contributed by atoms with Gasteiger partial charge >= 0.3 is 0 Å². The molecule has 5 heteroatoms. The summed E-state index contributed by atoms with van der Waals surface area (Å²) >= 11 is 0. The Kier molecular flexibility index (Phi) is 5.13. The van der Waals surface area contributed by atoms with Gasteiger partial charge < -0.3 is 5.32 Å². The Balaban J connectivity index is 1.78. The largest absolute Gasteiger partial charge is 0.351 e. The molecule has 0 spiro atoms. The number of amides is 1. The molecule has 140 valence electrons. The van der Waals surface area contributed by atoms with E-state index in [4.69, 9.17) is 0 Å². The number of nitrogens with one attached hydrogen (secondary N) is 1. The first-order valence-electron chi connectivity index (χ1n) is 8.95. The van der Waals surface area contributed by atoms with Crippen LogP contribution in [0.1, 0.15) is 41.0 Å². The predicted molar refractivity (Wildman–Crippen MR) is 105 cm³/mol. The maximum Gasteiger partial charge on any atom is 0.254 e. The summed E-state index contributed by atoms with van der Waals surface area (Å²) in [7, 11) is 0. The van der Waals surface area contributed by atoms with E-state index < -0.39 is 5.41 Å². The predicted octanol–water partition coefficient (Wildman–Crippen LogP) is 4.34. The van der Waals surface area contributed by atoms with Gasteiger partial charge in [-0.15, -0.1) is 0 Å². The van der Waals surface area contributed by atoms with Crippen molar-refractivity contribution in [3.63, 3.8) is 0 Å². The average molecular weight is 365 g/mol. The summed E-state index contributed by atoms with van der Waals surface area (Å²) in [6.45, 7) is 8.02. The lowest BCUT2D eigenvalue weighted by atomic mass is 9.84. The summed E-state index contributed by atoms with van der Waals surface area (Å²) in [5.41, 5.74) is 3.36. The van der Waals surface area contributed by atoms with Crippen LogP contribution < -0.4 is 5.32 Å². The molecule has 0 unspecified atom stereocenters. The summed E-state index contributed by atoms with van der Waals surface area (Å²) in [5, 5.41) is 7.31. The second-order valence-electron chi connectivity index (χ2n) is 7.39. The lowest BCUT2D eigenvalue weighted by Crippen LogP contribution is -2.37. The molecule has 0 bridgehead atoms. The topological polar surface area (TPSA) is 46.9 Å². The van der Waals surface area contributed by atoms with Crippen LogP contribution in [0, 0.1) is 19.7 Å². The van der Waals surface area contributed by atoms with Crippen LogP contribution in [-0.4, -0.2) is 22.2 Å². The van der Waals surface area contributed by atoms with E-state index >= 15 is 0 Å². The highest BCUT2D eigenvalue weighted by Gasteiger charge is 2.25. The maximum atomic E-state index is 14.1. The van der Waals surface area contributed by atoms with Crippen LogP contribution in [-0.2, 0) is 5.41 Å². The lowest BCUT2D eigenvalue weighted by molar-refractivity contribution is 0.0944. The summed E-state index contributed by atoms with van der Waals surface area (Å²) in [6.07, 6.45) is 1.58. The summed E-state index contributed by atoms with van der Waals surface area (Å²) < 4.78 is 15.9.